The summed E-state index contributed by atoms with van der Waals surface area (Å²) in [5.41, 5.74) is 11.0. The molecule has 4 aromatic heterocycles. The van der Waals surface area contributed by atoms with Crippen LogP contribution in [0.15, 0.2) is 225 Å². The van der Waals surface area contributed by atoms with E-state index < -0.39 is 40.7 Å². The Bertz CT molecular complexity index is 4090. The monoisotopic (exact) mass is 1240 g/mol. The van der Waals surface area contributed by atoms with Gasteiger partial charge >= 0.3 is 0 Å². The molecule has 8 aromatic carbocycles. The van der Waals surface area contributed by atoms with Crippen LogP contribution in [0.1, 0.15) is 0 Å². The number of hydrogen-bond acceptors (Lipinski definition) is 4. The molecule has 0 aliphatic heterocycles. The minimum Gasteiger partial charge on any atom is -0.304 e. The van der Waals surface area contributed by atoms with Crippen LogP contribution in [0.4, 0.5) is 30.7 Å². The molecule has 12 rings (SSSR count). The third kappa shape index (κ3) is 10.7. The zero-order chi connectivity index (χ0) is 54.1. The molecule has 12 aromatic rings. The van der Waals surface area contributed by atoms with Crippen LogP contribution in [0, 0.1) is 52.9 Å². The number of rotatable bonds is 11. The Morgan fingerprint density at radius 1 is 0.287 bits per heavy atom. The summed E-state index contributed by atoms with van der Waals surface area (Å²) in [7, 11) is 0. The average Bonchev–Trinajstić information content (AvgIpc) is 3.51. The van der Waals surface area contributed by atoms with Crippen LogP contribution in [0.25, 0.3) is 123 Å². The third-order valence-electron chi connectivity index (χ3n) is 13.6. The van der Waals surface area contributed by atoms with Crippen LogP contribution in [-0.4, -0.2) is 19.9 Å². The van der Waals surface area contributed by atoms with Crippen molar-refractivity contribution in [1.82, 2.24) is 19.9 Å². The van der Waals surface area contributed by atoms with E-state index >= 15 is 13.2 Å². The van der Waals surface area contributed by atoms with E-state index in [2.05, 4.69) is 27.1 Å². The summed E-state index contributed by atoms with van der Waals surface area (Å²) in [5.74, 6) is -5.11. The summed E-state index contributed by atoms with van der Waals surface area (Å²) >= 11 is 0. The van der Waals surface area contributed by atoms with Gasteiger partial charge in [0.15, 0.2) is 5.82 Å². The second-order valence-corrected chi connectivity index (χ2v) is 18.6. The summed E-state index contributed by atoms with van der Waals surface area (Å²) in [6, 6.07) is 60.7. The van der Waals surface area contributed by atoms with Crippen molar-refractivity contribution in [2.24, 2.45) is 0 Å². The molecule has 4 heterocycles. The first-order chi connectivity index (χ1) is 38.5. The van der Waals surface area contributed by atoms with E-state index in [1.54, 1.807) is 60.8 Å². The quantitative estimate of drug-likeness (QED) is 0.0957. The Hall–Kier alpha value is -9.48. The van der Waals surface area contributed by atoms with Gasteiger partial charge in [0.1, 0.15) is 29.0 Å². The van der Waals surface area contributed by atoms with Crippen molar-refractivity contribution in [1.29, 1.82) is 0 Å². The fourth-order valence-electron chi connectivity index (χ4n) is 9.82. The molecule has 0 saturated heterocycles. The molecule has 0 amide bonds. The molecule has 0 N–H and O–H groups in total. The smallest absolute Gasteiger partial charge is 0.153 e. The molecule has 0 aliphatic rings. The molecule has 0 spiro atoms. The minimum atomic E-state index is -0.901. The van der Waals surface area contributed by atoms with E-state index in [9.17, 15) is 17.6 Å². The van der Waals surface area contributed by atoms with Crippen molar-refractivity contribution >= 4 is 0 Å². The van der Waals surface area contributed by atoms with Gasteiger partial charge in [-0.2, -0.15) is 0 Å². The molecule has 12 heteroatoms. The molecule has 0 atom stereocenters. The molecule has 389 valence electrons. The van der Waals surface area contributed by atoms with Crippen LogP contribution in [0.3, 0.4) is 0 Å². The number of halogens is 7. The van der Waals surface area contributed by atoms with Crippen molar-refractivity contribution in [3.8, 4) is 123 Å². The molecular weight excluding hydrogens is 1200 g/mol. The van der Waals surface area contributed by atoms with Gasteiger partial charge in [0.2, 0.25) is 0 Å². The van der Waals surface area contributed by atoms with Gasteiger partial charge in [-0.05, 0) is 150 Å². The van der Waals surface area contributed by atoms with E-state index in [0.29, 0.717) is 78.5 Å². The third-order valence-corrected chi connectivity index (χ3v) is 13.6. The SMILES string of the molecule is Fc1c[c-]c(-c2ccc(-c3ccc(F)cc3-c3cc(-c4cc(F)ccc4-c4ccc(-c5ncc(F)cc5F)nc4)cc(-c4cc(F)ccc4-c4cnc(-c5[c-]cccc5)cc4-c4ccc(-c5ccccc5)cc4)c3)cn2)c(F)c1.[Ir]. The first kappa shape index (κ1) is 52.6. The molecular formula is C68H37F7IrN4-2. The number of nitrogens with zero attached hydrogens (tertiary/aromatic N) is 4. The second-order valence-electron chi connectivity index (χ2n) is 18.6. The van der Waals surface area contributed by atoms with Gasteiger partial charge in [0.05, 0.1) is 11.9 Å². The van der Waals surface area contributed by atoms with Crippen LogP contribution in [-0.2, 0) is 20.1 Å². The maximum atomic E-state index is 16.2. The maximum absolute atomic E-state index is 16.2. The van der Waals surface area contributed by atoms with Gasteiger partial charge in [0.25, 0.3) is 0 Å². The summed E-state index contributed by atoms with van der Waals surface area (Å²) in [6.07, 6.45) is 5.61. The molecule has 0 bridgehead atoms. The van der Waals surface area contributed by atoms with Crippen LogP contribution in [0.5, 0.6) is 0 Å². The Balaban J connectivity index is 0.00000675. The Morgan fingerprint density at radius 3 is 1.36 bits per heavy atom. The summed E-state index contributed by atoms with van der Waals surface area (Å²) in [4.78, 5) is 17.8. The maximum Gasteiger partial charge on any atom is 0.153 e. The standard InChI is InChI=1S/C68H37F7N4.Ir/c69-49-17-21-54(44-15-25-65(76-36-44)57-24-20-52(72)33-63(57)74)58(30-49)46-27-47(59-31-50(70)18-22-55(59)45-16-26-66(77-37-45)68-64(75)34-53(73)38-79-68)29-48(28-46)60-32-51(71)19-23-56(60)62-39-78-67(43-9-5-2-6-10-43)35-61(62)42-13-11-41(12-14-42)40-7-3-1-4-8-40;/h1-9,11-23,25-39H;/q-2;. The molecule has 1 radical (unpaired) electrons. The predicted octanol–water partition coefficient (Wildman–Crippen LogP) is 18.2. The van der Waals surface area contributed by atoms with Gasteiger partial charge in [-0.1, -0.05) is 109 Å². The molecule has 80 heavy (non-hydrogen) atoms. The van der Waals surface area contributed by atoms with Gasteiger partial charge in [0, 0.05) is 67.5 Å². The van der Waals surface area contributed by atoms with Gasteiger partial charge < -0.3 is 9.97 Å². The molecule has 0 fully saturated rings. The van der Waals surface area contributed by atoms with E-state index in [1.807, 2.05) is 84.9 Å². The number of benzene rings is 8. The first-order valence-electron chi connectivity index (χ1n) is 24.8. The fraction of sp³-hybridized carbons (Fsp3) is 0. The van der Waals surface area contributed by atoms with Crippen molar-refractivity contribution < 1.29 is 50.8 Å². The summed E-state index contributed by atoms with van der Waals surface area (Å²) in [6.45, 7) is 0. The van der Waals surface area contributed by atoms with E-state index in [1.165, 1.54) is 54.9 Å². The van der Waals surface area contributed by atoms with Crippen LogP contribution < -0.4 is 0 Å². The van der Waals surface area contributed by atoms with Crippen molar-refractivity contribution in [2.75, 3.05) is 0 Å². The normalized spacial score (nSPS) is 11.1. The van der Waals surface area contributed by atoms with Crippen molar-refractivity contribution in [3.05, 3.63) is 278 Å². The molecule has 4 nitrogen and oxygen atoms in total. The molecule has 0 saturated carbocycles. The molecule has 0 unspecified atom stereocenters. The van der Waals surface area contributed by atoms with Gasteiger partial charge in [-0.3, -0.25) is 13.8 Å². The number of pyridine rings is 4. The molecule has 0 aliphatic carbocycles. The number of aromatic nitrogens is 4. The average molecular weight is 1240 g/mol. The number of hydrogen-bond donors (Lipinski definition) is 0. The minimum absolute atomic E-state index is 0. The van der Waals surface area contributed by atoms with Crippen LogP contribution >= 0.6 is 0 Å². The van der Waals surface area contributed by atoms with Gasteiger partial charge in [-0.25, -0.2) is 26.9 Å². The summed E-state index contributed by atoms with van der Waals surface area (Å²) in [5, 5.41) is 0. The zero-order valence-corrected chi connectivity index (χ0v) is 44.0. The zero-order valence-electron chi connectivity index (χ0n) is 41.6. The Kier molecular flexibility index (Phi) is 14.8. The Morgan fingerprint density at radius 2 is 0.800 bits per heavy atom. The first-order valence-corrected chi connectivity index (χ1v) is 24.8. The van der Waals surface area contributed by atoms with Crippen molar-refractivity contribution in [3.63, 3.8) is 0 Å². The fourth-order valence-corrected chi connectivity index (χ4v) is 9.82. The van der Waals surface area contributed by atoms with E-state index in [4.69, 9.17) is 4.98 Å². The summed E-state index contributed by atoms with van der Waals surface area (Å²) < 4.78 is 105. The predicted molar refractivity (Wildman–Crippen MR) is 295 cm³/mol. The Labute approximate surface area is 469 Å². The van der Waals surface area contributed by atoms with Gasteiger partial charge in [-0.15, -0.1) is 48.0 Å². The largest absolute Gasteiger partial charge is 0.304 e. The van der Waals surface area contributed by atoms with Crippen LogP contribution in [0.2, 0.25) is 0 Å². The topological polar surface area (TPSA) is 51.6 Å². The van der Waals surface area contributed by atoms with E-state index in [0.717, 1.165) is 46.1 Å². The van der Waals surface area contributed by atoms with E-state index in [-0.39, 0.29) is 42.8 Å². The second kappa shape index (κ2) is 22.5. The van der Waals surface area contributed by atoms with Crippen molar-refractivity contribution in [2.45, 2.75) is 0 Å².